The largest absolute Gasteiger partial charge is 0.298 e. The quantitative estimate of drug-likeness (QED) is 0.640. The lowest BCUT2D eigenvalue weighted by molar-refractivity contribution is 0.112. The second kappa shape index (κ2) is 3.50. The van der Waals surface area contributed by atoms with Crippen molar-refractivity contribution in [2.24, 2.45) is 0 Å². The Morgan fingerprint density at radius 1 is 1.00 bits per heavy atom. The van der Waals surface area contributed by atoms with Crippen LogP contribution in [0.4, 0.5) is 0 Å². The zero-order valence-electron chi connectivity index (χ0n) is 9.29. The summed E-state index contributed by atoms with van der Waals surface area (Å²) < 4.78 is 0. The molecule has 0 atom stereocenters. The van der Waals surface area contributed by atoms with Gasteiger partial charge in [0.1, 0.15) is 6.29 Å². The van der Waals surface area contributed by atoms with Gasteiger partial charge >= 0.3 is 0 Å². The molecular formula is C14H14O. The summed E-state index contributed by atoms with van der Waals surface area (Å²) in [4.78, 5) is 10.8. The third kappa shape index (κ3) is 1.54. The first-order chi connectivity index (χ1) is 7.13. The van der Waals surface area contributed by atoms with Crippen LogP contribution in [0.2, 0.25) is 0 Å². The molecule has 0 bridgehead atoms. The van der Waals surface area contributed by atoms with E-state index in [2.05, 4.69) is 32.9 Å². The number of hydrogen-bond acceptors (Lipinski definition) is 1. The van der Waals surface area contributed by atoms with Gasteiger partial charge in [0, 0.05) is 5.56 Å². The van der Waals surface area contributed by atoms with E-state index in [4.69, 9.17) is 0 Å². The molecule has 0 saturated heterocycles. The Hall–Kier alpha value is -1.63. The average Bonchev–Trinajstić information content (AvgIpc) is 2.23. The van der Waals surface area contributed by atoms with Gasteiger partial charge in [-0.25, -0.2) is 0 Å². The van der Waals surface area contributed by atoms with Gasteiger partial charge in [-0.1, -0.05) is 12.1 Å². The molecule has 0 N–H and O–H groups in total. The number of rotatable bonds is 1. The molecule has 0 fully saturated rings. The van der Waals surface area contributed by atoms with Crippen LogP contribution in [0.25, 0.3) is 10.8 Å². The van der Waals surface area contributed by atoms with Gasteiger partial charge < -0.3 is 0 Å². The summed E-state index contributed by atoms with van der Waals surface area (Å²) in [5, 5.41) is 2.43. The Morgan fingerprint density at radius 3 is 2.40 bits per heavy atom. The fourth-order valence-electron chi connectivity index (χ4n) is 2.09. The van der Waals surface area contributed by atoms with Gasteiger partial charge in [0.25, 0.3) is 0 Å². The van der Waals surface area contributed by atoms with E-state index in [-0.39, 0.29) is 0 Å². The topological polar surface area (TPSA) is 17.1 Å². The molecule has 0 aliphatic heterocycles. The first kappa shape index (κ1) is 9.91. The van der Waals surface area contributed by atoms with E-state index in [1.807, 2.05) is 12.1 Å². The normalized spacial score (nSPS) is 10.6. The van der Waals surface area contributed by atoms with Gasteiger partial charge in [0.05, 0.1) is 0 Å². The van der Waals surface area contributed by atoms with E-state index in [1.165, 1.54) is 22.1 Å². The molecule has 0 aromatic heterocycles. The van der Waals surface area contributed by atoms with Crippen LogP contribution in [0.5, 0.6) is 0 Å². The van der Waals surface area contributed by atoms with Crippen molar-refractivity contribution in [3.05, 3.63) is 46.5 Å². The fraction of sp³-hybridized carbons (Fsp3) is 0.214. The van der Waals surface area contributed by atoms with Crippen molar-refractivity contribution in [3.8, 4) is 0 Å². The molecule has 0 unspecified atom stereocenters. The predicted octanol–water partition coefficient (Wildman–Crippen LogP) is 3.58. The molecular weight excluding hydrogens is 184 g/mol. The third-order valence-corrected chi connectivity index (χ3v) is 3.00. The van der Waals surface area contributed by atoms with Crippen molar-refractivity contribution >= 4 is 17.1 Å². The van der Waals surface area contributed by atoms with E-state index < -0.39 is 0 Å². The van der Waals surface area contributed by atoms with Crippen LogP contribution in [0.1, 0.15) is 27.0 Å². The Kier molecular flexibility index (Phi) is 2.31. The molecule has 76 valence electrons. The summed E-state index contributed by atoms with van der Waals surface area (Å²) in [6.07, 6.45) is 0.904. The van der Waals surface area contributed by atoms with Gasteiger partial charge in [0.2, 0.25) is 0 Å². The van der Waals surface area contributed by atoms with Gasteiger partial charge in [0.15, 0.2) is 0 Å². The molecule has 0 saturated carbocycles. The molecule has 0 aliphatic rings. The molecule has 0 radical (unpaired) electrons. The molecule has 0 spiro atoms. The Morgan fingerprint density at radius 2 is 1.73 bits per heavy atom. The Labute approximate surface area is 89.7 Å². The Bertz CT molecular complexity index is 539. The average molecular weight is 198 g/mol. The van der Waals surface area contributed by atoms with Gasteiger partial charge in [-0.2, -0.15) is 0 Å². The van der Waals surface area contributed by atoms with Crippen molar-refractivity contribution in [2.45, 2.75) is 20.8 Å². The summed E-state index contributed by atoms with van der Waals surface area (Å²) in [6, 6.07) is 8.08. The number of aldehydes is 1. The van der Waals surface area contributed by atoms with Crippen LogP contribution in [0, 0.1) is 20.8 Å². The van der Waals surface area contributed by atoms with E-state index in [1.54, 1.807) is 0 Å². The van der Waals surface area contributed by atoms with Crippen LogP contribution >= 0.6 is 0 Å². The number of fused-ring (bicyclic) bond motifs is 1. The maximum Gasteiger partial charge on any atom is 0.150 e. The summed E-state index contributed by atoms with van der Waals surface area (Å²) >= 11 is 0. The zero-order chi connectivity index (χ0) is 11.0. The lowest BCUT2D eigenvalue weighted by Gasteiger charge is -2.09. The lowest BCUT2D eigenvalue weighted by atomic mass is 9.95. The van der Waals surface area contributed by atoms with Crippen molar-refractivity contribution in [1.82, 2.24) is 0 Å². The molecule has 2 aromatic rings. The highest BCUT2D eigenvalue weighted by Gasteiger charge is 2.04. The van der Waals surface area contributed by atoms with Crippen LogP contribution in [-0.4, -0.2) is 6.29 Å². The third-order valence-electron chi connectivity index (χ3n) is 3.00. The number of aryl methyl sites for hydroxylation is 3. The SMILES string of the molecule is Cc1ccc2cc(C=O)cc(C)c2c1C. The summed E-state index contributed by atoms with van der Waals surface area (Å²) in [6.45, 7) is 6.30. The Balaban J connectivity index is 2.91. The number of carbonyl (C=O) groups is 1. The number of hydrogen-bond donors (Lipinski definition) is 0. The smallest absolute Gasteiger partial charge is 0.150 e. The molecule has 0 aliphatic carbocycles. The van der Waals surface area contributed by atoms with E-state index in [0.717, 1.165) is 17.2 Å². The minimum Gasteiger partial charge on any atom is -0.298 e. The molecule has 2 aromatic carbocycles. The van der Waals surface area contributed by atoms with Gasteiger partial charge in [-0.3, -0.25) is 4.79 Å². The molecule has 2 rings (SSSR count). The maximum atomic E-state index is 10.8. The van der Waals surface area contributed by atoms with E-state index in [9.17, 15) is 4.79 Å². The highest BCUT2D eigenvalue weighted by Crippen LogP contribution is 2.25. The first-order valence-electron chi connectivity index (χ1n) is 5.09. The lowest BCUT2D eigenvalue weighted by Crippen LogP contribution is -1.90. The molecule has 1 heteroatoms. The first-order valence-corrected chi connectivity index (χ1v) is 5.09. The van der Waals surface area contributed by atoms with Gasteiger partial charge in [-0.05, 0) is 60.4 Å². The molecule has 1 nitrogen and oxygen atoms in total. The minimum absolute atomic E-state index is 0.753. The van der Waals surface area contributed by atoms with Gasteiger partial charge in [-0.15, -0.1) is 0 Å². The number of carbonyl (C=O) groups excluding carboxylic acids is 1. The second-order valence-electron chi connectivity index (χ2n) is 4.06. The zero-order valence-corrected chi connectivity index (χ0v) is 9.29. The van der Waals surface area contributed by atoms with Crippen molar-refractivity contribution in [1.29, 1.82) is 0 Å². The summed E-state index contributed by atoms with van der Waals surface area (Å²) in [5.74, 6) is 0. The molecule has 0 heterocycles. The predicted molar refractivity (Wildman–Crippen MR) is 63.5 cm³/mol. The molecule has 0 amide bonds. The van der Waals surface area contributed by atoms with Crippen LogP contribution in [0.15, 0.2) is 24.3 Å². The summed E-state index contributed by atoms with van der Waals surface area (Å²) in [7, 11) is 0. The standard InChI is InChI=1S/C14H14O/c1-9-4-5-13-7-12(8-15)6-10(2)14(13)11(9)3/h4-8H,1-3H3. The second-order valence-corrected chi connectivity index (χ2v) is 4.06. The minimum atomic E-state index is 0.753. The monoisotopic (exact) mass is 198 g/mol. The highest BCUT2D eigenvalue weighted by molar-refractivity contribution is 5.94. The van der Waals surface area contributed by atoms with Crippen LogP contribution in [-0.2, 0) is 0 Å². The summed E-state index contributed by atoms with van der Waals surface area (Å²) in [5.41, 5.74) is 4.53. The van der Waals surface area contributed by atoms with Crippen molar-refractivity contribution < 1.29 is 4.79 Å². The molecule has 15 heavy (non-hydrogen) atoms. The number of benzene rings is 2. The van der Waals surface area contributed by atoms with Crippen molar-refractivity contribution in [2.75, 3.05) is 0 Å². The van der Waals surface area contributed by atoms with Crippen LogP contribution < -0.4 is 0 Å². The van der Waals surface area contributed by atoms with Crippen LogP contribution in [0.3, 0.4) is 0 Å². The fourth-order valence-corrected chi connectivity index (χ4v) is 2.09. The van der Waals surface area contributed by atoms with Crippen molar-refractivity contribution in [3.63, 3.8) is 0 Å². The van der Waals surface area contributed by atoms with E-state index in [0.29, 0.717) is 0 Å². The highest BCUT2D eigenvalue weighted by atomic mass is 16.1. The van der Waals surface area contributed by atoms with E-state index >= 15 is 0 Å². The maximum absolute atomic E-state index is 10.8.